The van der Waals surface area contributed by atoms with E-state index in [0.29, 0.717) is 17.3 Å². The van der Waals surface area contributed by atoms with Crippen LogP contribution in [0.1, 0.15) is 107 Å². The van der Waals surface area contributed by atoms with Crippen LogP contribution in [-0.2, 0) is 4.74 Å². The Morgan fingerprint density at radius 1 is 0.875 bits per heavy atom. The van der Waals surface area contributed by atoms with Crippen molar-refractivity contribution in [2.75, 3.05) is 6.61 Å². The van der Waals surface area contributed by atoms with Gasteiger partial charge in [0.25, 0.3) is 0 Å². The molecular formula is C22H47NO. The highest BCUT2D eigenvalue weighted by Crippen LogP contribution is 2.40. The molecule has 0 amide bonds. The first-order valence-corrected chi connectivity index (χ1v) is 10.7. The SMILES string of the molecule is CCCC(C)C(CC)(CC)OCCC(CC)(CC)CC(C)C(C)N. The summed E-state index contributed by atoms with van der Waals surface area (Å²) in [4.78, 5) is 0. The van der Waals surface area contributed by atoms with Crippen LogP contribution in [0.2, 0.25) is 0 Å². The molecule has 0 aliphatic carbocycles. The molecule has 24 heavy (non-hydrogen) atoms. The molecule has 3 unspecified atom stereocenters. The van der Waals surface area contributed by atoms with Crippen LogP contribution >= 0.6 is 0 Å². The molecule has 0 heterocycles. The van der Waals surface area contributed by atoms with Gasteiger partial charge in [-0.1, -0.05) is 67.7 Å². The number of hydrogen-bond donors (Lipinski definition) is 1. The van der Waals surface area contributed by atoms with Crippen molar-refractivity contribution in [3.05, 3.63) is 0 Å². The van der Waals surface area contributed by atoms with Crippen molar-refractivity contribution >= 4 is 0 Å². The fourth-order valence-corrected chi connectivity index (χ4v) is 4.32. The van der Waals surface area contributed by atoms with E-state index in [4.69, 9.17) is 10.5 Å². The van der Waals surface area contributed by atoms with Gasteiger partial charge in [-0.3, -0.25) is 0 Å². The molecule has 0 rings (SSSR count). The van der Waals surface area contributed by atoms with Crippen molar-refractivity contribution in [3.63, 3.8) is 0 Å². The molecular weight excluding hydrogens is 294 g/mol. The Kier molecular flexibility index (Phi) is 11.5. The zero-order valence-electron chi connectivity index (χ0n) is 18.1. The molecule has 0 radical (unpaired) electrons. The fourth-order valence-electron chi connectivity index (χ4n) is 4.32. The minimum Gasteiger partial charge on any atom is -0.375 e. The maximum Gasteiger partial charge on any atom is 0.0702 e. The van der Waals surface area contributed by atoms with Crippen LogP contribution in [0.25, 0.3) is 0 Å². The average molecular weight is 342 g/mol. The van der Waals surface area contributed by atoms with E-state index in [1.54, 1.807) is 0 Å². The second-order valence-corrected chi connectivity index (χ2v) is 8.31. The van der Waals surface area contributed by atoms with E-state index >= 15 is 0 Å². The molecule has 0 aromatic carbocycles. The molecule has 146 valence electrons. The van der Waals surface area contributed by atoms with E-state index in [9.17, 15) is 0 Å². The summed E-state index contributed by atoms with van der Waals surface area (Å²) < 4.78 is 6.61. The van der Waals surface area contributed by atoms with E-state index in [1.165, 1.54) is 32.1 Å². The Labute approximate surface area is 153 Å². The van der Waals surface area contributed by atoms with Crippen molar-refractivity contribution in [2.45, 2.75) is 118 Å². The van der Waals surface area contributed by atoms with Crippen LogP contribution in [0.15, 0.2) is 0 Å². The molecule has 0 fully saturated rings. The van der Waals surface area contributed by atoms with Gasteiger partial charge in [0, 0.05) is 12.6 Å². The maximum atomic E-state index is 6.61. The van der Waals surface area contributed by atoms with E-state index in [1.807, 2.05) is 0 Å². The first-order valence-electron chi connectivity index (χ1n) is 10.7. The van der Waals surface area contributed by atoms with Gasteiger partial charge in [0.05, 0.1) is 5.60 Å². The van der Waals surface area contributed by atoms with Crippen molar-refractivity contribution in [2.24, 2.45) is 23.0 Å². The van der Waals surface area contributed by atoms with Gasteiger partial charge in [-0.15, -0.1) is 0 Å². The summed E-state index contributed by atoms with van der Waals surface area (Å²) in [5, 5.41) is 0. The molecule has 0 aliphatic heterocycles. The zero-order valence-corrected chi connectivity index (χ0v) is 18.1. The average Bonchev–Trinajstić information content (AvgIpc) is 2.58. The number of ether oxygens (including phenoxy) is 1. The first kappa shape index (κ1) is 23.9. The molecule has 0 aromatic rings. The lowest BCUT2D eigenvalue weighted by Gasteiger charge is -2.41. The molecule has 2 N–H and O–H groups in total. The van der Waals surface area contributed by atoms with Gasteiger partial charge in [-0.05, 0) is 56.3 Å². The third-order valence-electron chi connectivity index (χ3n) is 6.99. The van der Waals surface area contributed by atoms with Gasteiger partial charge in [0.15, 0.2) is 0 Å². The molecule has 2 nitrogen and oxygen atoms in total. The Balaban J connectivity index is 4.89. The van der Waals surface area contributed by atoms with E-state index in [2.05, 4.69) is 55.4 Å². The van der Waals surface area contributed by atoms with Crippen molar-refractivity contribution in [1.82, 2.24) is 0 Å². The second-order valence-electron chi connectivity index (χ2n) is 8.31. The summed E-state index contributed by atoms with van der Waals surface area (Å²) in [5.74, 6) is 1.21. The predicted molar refractivity (Wildman–Crippen MR) is 108 cm³/mol. The maximum absolute atomic E-state index is 6.61. The molecule has 0 spiro atoms. The number of rotatable bonds is 14. The molecule has 0 aliphatic rings. The van der Waals surface area contributed by atoms with Gasteiger partial charge in [0.1, 0.15) is 0 Å². The van der Waals surface area contributed by atoms with Crippen LogP contribution < -0.4 is 5.73 Å². The summed E-state index contributed by atoms with van der Waals surface area (Å²) >= 11 is 0. The number of nitrogens with two attached hydrogens (primary N) is 1. The third-order valence-corrected chi connectivity index (χ3v) is 6.99. The summed E-state index contributed by atoms with van der Waals surface area (Å²) in [6.07, 6.45) is 9.56. The van der Waals surface area contributed by atoms with E-state index in [-0.39, 0.29) is 11.6 Å². The van der Waals surface area contributed by atoms with Crippen LogP contribution in [0.4, 0.5) is 0 Å². The van der Waals surface area contributed by atoms with Gasteiger partial charge in [0.2, 0.25) is 0 Å². The minimum atomic E-state index is 0.0655. The van der Waals surface area contributed by atoms with Gasteiger partial charge in [-0.2, -0.15) is 0 Å². The molecule has 0 bridgehead atoms. The van der Waals surface area contributed by atoms with Gasteiger partial charge >= 0.3 is 0 Å². The Morgan fingerprint density at radius 3 is 1.79 bits per heavy atom. The lowest BCUT2D eigenvalue weighted by Crippen LogP contribution is -2.40. The Bertz CT molecular complexity index is 305. The second kappa shape index (κ2) is 11.5. The smallest absolute Gasteiger partial charge is 0.0702 e. The van der Waals surface area contributed by atoms with Crippen molar-refractivity contribution in [3.8, 4) is 0 Å². The summed E-state index contributed by atoms with van der Waals surface area (Å²) in [6, 6.07) is 0.276. The molecule has 0 saturated heterocycles. The largest absolute Gasteiger partial charge is 0.375 e. The summed E-state index contributed by atoms with van der Waals surface area (Å²) in [7, 11) is 0. The molecule has 0 saturated carbocycles. The summed E-state index contributed by atoms with van der Waals surface area (Å²) in [6.45, 7) is 19.3. The lowest BCUT2D eigenvalue weighted by molar-refractivity contribution is -0.100. The molecule has 3 atom stereocenters. The van der Waals surface area contributed by atoms with Crippen molar-refractivity contribution < 1.29 is 4.74 Å². The van der Waals surface area contributed by atoms with Crippen LogP contribution in [0.5, 0.6) is 0 Å². The third kappa shape index (κ3) is 6.67. The Hall–Kier alpha value is -0.0800. The van der Waals surface area contributed by atoms with Crippen LogP contribution in [-0.4, -0.2) is 18.2 Å². The Morgan fingerprint density at radius 2 is 1.42 bits per heavy atom. The van der Waals surface area contributed by atoms with Crippen LogP contribution in [0.3, 0.4) is 0 Å². The first-order chi connectivity index (χ1) is 11.3. The quantitative estimate of drug-likeness (QED) is 0.388. The molecule has 0 aromatic heterocycles. The highest BCUT2D eigenvalue weighted by Gasteiger charge is 2.35. The normalized spacial score (nSPS) is 16.9. The highest BCUT2D eigenvalue weighted by molar-refractivity contribution is 4.86. The fraction of sp³-hybridized carbons (Fsp3) is 1.00. The monoisotopic (exact) mass is 341 g/mol. The minimum absolute atomic E-state index is 0.0655. The van der Waals surface area contributed by atoms with E-state index in [0.717, 1.165) is 25.9 Å². The lowest BCUT2D eigenvalue weighted by atomic mass is 9.72. The molecule has 2 heteroatoms. The topological polar surface area (TPSA) is 35.2 Å². The highest BCUT2D eigenvalue weighted by atomic mass is 16.5. The standard InChI is InChI=1S/C22H47NO/c1-9-14-19(7)22(12-4,13-5)24-16-15-21(10-2,11-3)17-18(6)20(8)23/h18-20H,9-17,23H2,1-8H3. The van der Waals surface area contributed by atoms with E-state index < -0.39 is 0 Å². The van der Waals surface area contributed by atoms with Gasteiger partial charge in [-0.25, -0.2) is 0 Å². The zero-order chi connectivity index (χ0) is 18.8. The van der Waals surface area contributed by atoms with Crippen molar-refractivity contribution in [1.29, 1.82) is 0 Å². The summed E-state index contributed by atoms with van der Waals surface area (Å²) in [5.41, 5.74) is 6.58. The van der Waals surface area contributed by atoms with Crippen LogP contribution in [0, 0.1) is 17.3 Å². The van der Waals surface area contributed by atoms with Gasteiger partial charge < -0.3 is 10.5 Å². The number of hydrogen-bond acceptors (Lipinski definition) is 2. The predicted octanol–water partition coefficient (Wildman–Crippen LogP) is 6.57.